The first kappa shape index (κ1) is 29.4. The van der Waals surface area contributed by atoms with E-state index in [0.29, 0.717) is 19.6 Å². The molecule has 1 heterocycles. The number of benzene rings is 1. The van der Waals surface area contributed by atoms with E-state index in [1.807, 2.05) is 30.3 Å². The van der Waals surface area contributed by atoms with Gasteiger partial charge in [0.1, 0.15) is 5.60 Å². The SMILES string of the molecule is C1CCC(NC2CCCCC2)CC1.CC(C)(C)OC(=O)N1CC(OCc2ccccc2)CC1CC(=O)O. The zero-order valence-corrected chi connectivity index (χ0v) is 23.1. The molecule has 3 aliphatic rings. The Morgan fingerprint density at radius 3 is 2.03 bits per heavy atom. The lowest BCUT2D eigenvalue weighted by atomic mass is 9.91. The van der Waals surface area contributed by atoms with E-state index in [1.165, 1.54) is 69.1 Å². The molecular weight excluding hydrogens is 468 g/mol. The monoisotopic (exact) mass is 516 g/mol. The van der Waals surface area contributed by atoms with Gasteiger partial charge in [-0.2, -0.15) is 0 Å². The number of carbonyl (C=O) groups is 2. The van der Waals surface area contributed by atoms with Crippen LogP contribution < -0.4 is 5.32 Å². The summed E-state index contributed by atoms with van der Waals surface area (Å²) in [6.07, 6.45) is 14.3. The molecule has 3 fully saturated rings. The molecule has 0 radical (unpaired) electrons. The van der Waals surface area contributed by atoms with Crippen LogP contribution >= 0.6 is 0 Å². The largest absolute Gasteiger partial charge is 0.481 e. The molecule has 0 spiro atoms. The Morgan fingerprint density at radius 1 is 0.946 bits per heavy atom. The van der Waals surface area contributed by atoms with E-state index in [1.54, 1.807) is 20.8 Å². The summed E-state index contributed by atoms with van der Waals surface area (Å²) in [7, 11) is 0. The third kappa shape index (κ3) is 11.0. The Balaban J connectivity index is 0.000000244. The maximum absolute atomic E-state index is 12.3. The van der Waals surface area contributed by atoms with Gasteiger partial charge < -0.3 is 24.8 Å². The fraction of sp³-hybridized carbons (Fsp3) is 0.733. The molecule has 2 atom stereocenters. The third-order valence-electron chi connectivity index (χ3n) is 7.42. The van der Waals surface area contributed by atoms with Crippen LogP contribution in [0.1, 0.15) is 103 Å². The van der Waals surface area contributed by atoms with E-state index in [9.17, 15) is 9.59 Å². The molecule has 1 saturated heterocycles. The topological polar surface area (TPSA) is 88.1 Å². The molecule has 2 unspecified atom stereocenters. The first-order valence-electron chi connectivity index (χ1n) is 14.3. The Hall–Kier alpha value is -2.12. The van der Waals surface area contributed by atoms with Crippen molar-refractivity contribution in [2.75, 3.05) is 6.54 Å². The highest BCUT2D eigenvalue weighted by molar-refractivity contribution is 5.72. The molecule has 208 valence electrons. The number of likely N-dealkylation sites (tertiary alicyclic amines) is 1. The fourth-order valence-electron chi connectivity index (χ4n) is 5.59. The van der Waals surface area contributed by atoms with Gasteiger partial charge in [-0.1, -0.05) is 68.9 Å². The van der Waals surface area contributed by atoms with Crippen molar-refractivity contribution >= 4 is 12.1 Å². The van der Waals surface area contributed by atoms with Crippen LogP contribution in [0.15, 0.2) is 30.3 Å². The van der Waals surface area contributed by atoms with Crippen LogP contribution in [0, 0.1) is 0 Å². The van der Waals surface area contributed by atoms with Crippen LogP contribution in [0.4, 0.5) is 4.79 Å². The number of amides is 1. The minimum absolute atomic E-state index is 0.107. The summed E-state index contributed by atoms with van der Waals surface area (Å²) in [5, 5.41) is 12.9. The number of hydrogen-bond donors (Lipinski definition) is 2. The summed E-state index contributed by atoms with van der Waals surface area (Å²) in [6, 6.07) is 11.1. The van der Waals surface area contributed by atoms with Crippen LogP contribution in [-0.4, -0.2) is 58.4 Å². The van der Waals surface area contributed by atoms with E-state index in [-0.39, 0.29) is 12.5 Å². The van der Waals surface area contributed by atoms with E-state index in [4.69, 9.17) is 14.6 Å². The Bertz CT molecular complexity index is 797. The summed E-state index contributed by atoms with van der Waals surface area (Å²) < 4.78 is 11.3. The fourth-order valence-corrected chi connectivity index (χ4v) is 5.59. The molecule has 1 amide bonds. The van der Waals surface area contributed by atoms with E-state index in [2.05, 4.69) is 5.32 Å². The standard InChI is InChI=1S/C18H25NO5.C12H23N/c1-18(2,3)24-17(22)19-11-15(9-14(19)10-16(20)21)23-12-13-7-5-4-6-8-13;1-3-7-11(8-4-1)13-12-9-5-2-6-10-12/h4-8,14-15H,9-12H2,1-3H3,(H,20,21);11-13H,1-10H2. The van der Waals surface area contributed by atoms with Crippen LogP contribution in [-0.2, 0) is 20.9 Å². The minimum atomic E-state index is -0.933. The molecule has 0 aromatic heterocycles. The van der Waals surface area contributed by atoms with Crippen molar-refractivity contribution in [2.45, 2.75) is 134 Å². The first-order valence-corrected chi connectivity index (χ1v) is 14.3. The number of nitrogens with one attached hydrogen (secondary N) is 1. The molecule has 1 aliphatic heterocycles. The Labute approximate surface area is 223 Å². The maximum Gasteiger partial charge on any atom is 0.410 e. The second-order valence-corrected chi connectivity index (χ2v) is 11.9. The van der Waals surface area contributed by atoms with Gasteiger partial charge in [0, 0.05) is 18.1 Å². The van der Waals surface area contributed by atoms with Crippen molar-refractivity contribution in [3.63, 3.8) is 0 Å². The van der Waals surface area contributed by atoms with Gasteiger partial charge >= 0.3 is 12.1 Å². The van der Waals surface area contributed by atoms with Crippen molar-refractivity contribution in [1.82, 2.24) is 10.2 Å². The molecule has 1 aromatic rings. The van der Waals surface area contributed by atoms with Gasteiger partial charge in [-0.05, 0) is 58.4 Å². The van der Waals surface area contributed by atoms with Crippen LogP contribution in [0.2, 0.25) is 0 Å². The number of nitrogens with zero attached hydrogens (tertiary/aromatic N) is 1. The van der Waals surface area contributed by atoms with Gasteiger partial charge in [0.15, 0.2) is 0 Å². The zero-order chi connectivity index (χ0) is 26.7. The lowest BCUT2D eigenvalue weighted by Crippen LogP contribution is -2.41. The molecule has 7 nitrogen and oxygen atoms in total. The number of rotatable bonds is 7. The molecule has 7 heteroatoms. The molecule has 0 bridgehead atoms. The first-order chi connectivity index (χ1) is 17.7. The normalized spacial score (nSPS) is 23.3. The average molecular weight is 517 g/mol. The predicted molar refractivity (Wildman–Crippen MR) is 145 cm³/mol. The van der Waals surface area contributed by atoms with E-state index >= 15 is 0 Å². The van der Waals surface area contributed by atoms with Crippen molar-refractivity contribution in [1.29, 1.82) is 0 Å². The summed E-state index contributed by atoms with van der Waals surface area (Å²) >= 11 is 0. The van der Waals surface area contributed by atoms with E-state index in [0.717, 1.165) is 17.6 Å². The van der Waals surface area contributed by atoms with Gasteiger partial charge in [0.25, 0.3) is 0 Å². The van der Waals surface area contributed by atoms with Crippen molar-refractivity contribution in [3.05, 3.63) is 35.9 Å². The zero-order valence-electron chi connectivity index (χ0n) is 23.1. The summed E-state index contributed by atoms with van der Waals surface area (Å²) in [5.74, 6) is -0.933. The van der Waals surface area contributed by atoms with Crippen molar-refractivity contribution < 1.29 is 24.2 Å². The Kier molecular flexibility index (Phi) is 11.7. The molecular formula is C30H48N2O5. The highest BCUT2D eigenvalue weighted by Crippen LogP contribution is 2.26. The molecule has 4 rings (SSSR count). The lowest BCUT2D eigenvalue weighted by Gasteiger charge is -2.30. The third-order valence-corrected chi connectivity index (χ3v) is 7.42. The number of aliphatic carboxylic acids is 1. The summed E-state index contributed by atoms with van der Waals surface area (Å²) in [4.78, 5) is 24.9. The Morgan fingerprint density at radius 2 is 1.51 bits per heavy atom. The second kappa shape index (κ2) is 14.7. The maximum atomic E-state index is 12.3. The molecule has 1 aromatic carbocycles. The highest BCUT2D eigenvalue weighted by atomic mass is 16.6. The number of carboxylic acid groups (broad SMARTS) is 1. The second-order valence-electron chi connectivity index (χ2n) is 11.9. The summed E-state index contributed by atoms with van der Waals surface area (Å²) in [6.45, 7) is 6.15. The van der Waals surface area contributed by atoms with Gasteiger partial charge in [-0.15, -0.1) is 0 Å². The van der Waals surface area contributed by atoms with E-state index < -0.39 is 23.7 Å². The quantitative estimate of drug-likeness (QED) is 0.442. The minimum Gasteiger partial charge on any atom is -0.481 e. The molecule has 37 heavy (non-hydrogen) atoms. The van der Waals surface area contributed by atoms with Crippen LogP contribution in [0.25, 0.3) is 0 Å². The van der Waals surface area contributed by atoms with Gasteiger partial charge in [0.2, 0.25) is 0 Å². The number of ether oxygens (including phenoxy) is 2. The average Bonchev–Trinajstić information content (AvgIpc) is 3.26. The van der Waals surface area contributed by atoms with Crippen molar-refractivity contribution in [3.8, 4) is 0 Å². The van der Waals surface area contributed by atoms with Crippen LogP contribution in [0.5, 0.6) is 0 Å². The number of hydrogen-bond acceptors (Lipinski definition) is 5. The van der Waals surface area contributed by atoms with Gasteiger partial charge in [0.05, 0.1) is 25.7 Å². The van der Waals surface area contributed by atoms with Gasteiger partial charge in [-0.3, -0.25) is 4.79 Å². The number of carboxylic acids is 1. The lowest BCUT2D eigenvalue weighted by molar-refractivity contribution is -0.138. The molecule has 2 aliphatic carbocycles. The van der Waals surface area contributed by atoms with Crippen LogP contribution in [0.3, 0.4) is 0 Å². The molecule has 2 saturated carbocycles. The van der Waals surface area contributed by atoms with Crippen molar-refractivity contribution in [2.24, 2.45) is 0 Å². The van der Waals surface area contributed by atoms with Gasteiger partial charge in [-0.25, -0.2) is 4.79 Å². The summed E-state index contributed by atoms with van der Waals surface area (Å²) in [5.41, 5.74) is 0.427. The molecule has 2 N–H and O–H groups in total. The predicted octanol–water partition coefficient (Wildman–Crippen LogP) is 6.30. The highest BCUT2D eigenvalue weighted by Gasteiger charge is 2.39. The smallest absolute Gasteiger partial charge is 0.410 e. The number of carbonyl (C=O) groups excluding carboxylic acids is 1.